The van der Waals surface area contributed by atoms with Gasteiger partial charge in [0.25, 0.3) is 0 Å². The smallest absolute Gasteiger partial charge is 0.238 e. The Morgan fingerprint density at radius 2 is 0.862 bits per heavy atom. The Bertz CT molecular complexity index is 3510. The van der Waals surface area contributed by atoms with Crippen LogP contribution in [-0.2, 0) is 10.8 Å². The minimum Gasteiger partial charge on any atom is -0.307 e. The molecule has 11 aromatic rings. The summed E-state index contributed by atoms with van der Waals surface area (Å²) >= 11 is 0. The zero-order valence-electron chi connectivity index (χ0n) is 37.4. The number of fused-ring (bicyclic) bond motifs is 8. The van der Waals surface area contributed by atoms with Crippen LogP contribution in [0.2, 0.25) is 0 Å². The number of aromatic nitrogens is 5. The molecule has 0 aliphatic heterocycles. The summed E-state index contributed by atoms with van der Waals surface area (Å²) in [6.07, 6.45) is 1.10. The van der Waals surface area contributed by atoms with Crippen LogP contribution in [0.5, 0.6) is 0 Å². The lowest BCUT2D eigenvalue weighted by Gasteiger charge is -2.47. The van der Waals surface area contributed by atoms with Gasteiger partial charge in [0.2, 0.25) is 5.95 Å². The quantitative estimate of drug-likeness (QED) is 0.168. The molecule has 0 spiro atoms. The Morgan fingerprint density at radius 1 is 0.415 bits per heavy atom. The van der Waals surface area contributed by atoms with Crippen LogP contribution < -0.4 is 0 Å². The molecular formula is C60H49N5. The first-order valence-electron chi connectivity index (χ1n) is 22.8. The standard InChI is InChI=1S/C60H49N5/c1-38-37-59(2,3)53-49(60(38,4)5)23-16-26-52(53)64-50-24-14-12-21-45(50)47-35-36-48-46-22-13-15-25-51(46)65(55(48)54(47)64)58-62-56(43-31-27-41(28-32-43)39-17-8-6-9-18-39)61-57(63-58)44-33-29-42(30-34-44)40-19-10-7-11-20-40/h6-36,38H,37H2,1-5H3. The molecule has 1 atom stereocenters. The van der Waals surface area contributed by atoms with Gasteiger partial charge in [-0.25, -0.2) is 4.98 Å². The molecule has 1 aliphatic carbocycles. The second kappa shape index (κ2) is 14.7. The highest BCUT2D eigenvalue weighted by Gasteiger charge is 2.43. The van der Waals surface area contributed by atoms with E-state index < -0.39 is 0 Å². The number of para-hydroxylation sites is 2. The molecule has 1 unspecified atom stereocenters. The molecule has 0 saturated carbocycles. The highest BCUT2D eigenvalue weighted by molar-refractivity contribution is 6.23. The van der Waals surface area contributed by atoms with E-state index in [2.05, 4.69) is 232 Å². The van der Waals surface area contributed by atoms with E-state index >= 15 is 0 Å². The van der Waals surface area contributed by atoms with Gasteiger partial charge in [0.15, 0.2) is 11.6 Å². The molecule has 0 saturated heterocycles. The van der Waals surface area contributed by atoms with Crippen LogP contribution >= 0.6 is 0 Å². The average molecular weight is 840 g/mol. The third-order valence-corrected chi connectivity index (χ3v) is 14.5. The number of benzene rings is 8. The number of hydrogen-bond acceptors (Lipinski definition) is 3. The fourth-order valence-corrected chi connectivity index (χ4v) is 10.9. The lowest BCUT2D eigenvalue weighted by atomic mass is 9.58. The molecular weight excluding hydrogens is 791 g/mol. The van der Waals surface area contributed by atoms with Crippen molar-refractivity contribution < 1.29 is 0 Å². The summed E-state index contributed by atoms with van der Waals surface area (Å²) in [6.45, 7) is 12.2. The van der Waals surface area contributed by atoms with Gasteiger partial charge in [0.05, 0.1) is 27.8 Å². The maximum atomic E-state index is 5.45. The van der Waals surface area contributed by atoms with Crippen LogP contribution in [0.15, 0.2) is 188 Å². The normalized spacial score (nSPS) is 15.5. The first kappa shape index (κ1) is 39.0. The second-order valence-electron chi connectivity index (χ2n) is 19.1. The Balaban J connectivity index is 1.16. The van der Waals surface area contributed by atoms with E-state index in [1.807, 2.05) is 0 Å². The summed E-state index contributed by atoms with van der Waals surface area (Å²) in [4.78, 5) is 16.2. The van der Waals surface area contributed by atoms with Crippen molar-refractivity contribution in [2.75, 3.05) is 0 Å². The highest BCUT2D eigenvalue weighted by Crippen LogP contribution is 2.52. The molecule has 1 aliphatic rings. The summed E-state index contributed by atoms with van der Waals surface area (Å²) in [7, 11) is 0. The van der Waals surface area contributed by atoms with E-state index in [4.69, 9.17) is 15.0 Å². The van der Waals surface area contributed by atoms with E-state index in [1.54, 1.807) is 0 Å². The molecule has 5 nitrogen and oxygen atoms in total. The van der Waals surface area contributed by atoms with Crippen molar-refractivity contribution in [3.05, 3.63) is 199 Å². The summed E-state index contributed by atoms with van der Waals surface area (Å²) < 4.78 is 4.86. The van der Waals surface area contributed by atoms with E-state index in [-0.39, 0.29) is 10.8 Å². The van der Waals surface area contributed by atoms with Crippen molar-refractivity contribution in [1.82, 2.24) is 24.1 Å². The first-order chi connectivity index (χ1) is 31.7. The first-order valence-corrected chi connectivity index (χ1v) is 22.8. The monoisotopic (exact) mass is 839 g/mol. The summed E-state index contributed by atoms with van der Waals surface area (Å²) in [5.41, 5.74) is 14.9. The minimum absolute atomic E-state index is 0.0140. The Hall–Kier alpha value is -7.63. The maximum Gasteiger partial charge on any atom is 0.238 e. The molecule has 12 rings (SSSR count). The molecule has 0 N–H and O–H groups in total. The molecule has 5 heteroatoms. The van der Waals surface area contributed by atoms with Gasteiger partial charge < -0.3 is 4.57 Å². The summed E-state index contributed by atoms with van der Waals surface area (Å²) in [6, 6.07) is 67.4. The lowest BCUT2D eigenvalue weighted by molar-refractivity contribution is 0.233. The topological polar surface area (TPSA) is 48.5 Å². The number of rotatable bonds is 6. The van der Waals surface area contributed by atoms with Gasteiger partial charge in [-0.2, -0.15) is 9.97 Å². The Kier molecular flexibility index (Phi) is 8.83. The molecule has 65 heavy (non-hydrogen) atoms. The maximum absolute atomic E-state index is 5.45. The van der Waals surface area contributed by atoms with E-state index in [1.165, 1.54) is 44.2 Å². The predicted molar refractivity (Wildman–Crippen MR) is 270 cm³/mol. The summed E-state index contributed by atoms with van der Waals surface area (Å²) in [5.74, 6) is 2.34. The molecule has 0 fully saturated rings. The third kappa shape index (κ3) is 6.17. The molecule has 3 aromatic heterocycles. The number of nitrogens with zero attached hydrogens (tertiary/aromatic N) is 5. The van der Waals surface area contributed by atoms with Gasteiger partial charge >= 0.3 is 0 Å². The molecule has 0 radical (unpaired) electrons. The Morgan fingerprint density at radius 3 is 1.40 bits per heavy atom. The van der Waals surface area contributed by atoms with Gasteiger partial charge in [-0.1, -0.05) is 204 Å². The molecule has 314 valence electrons. The largest absolute Gasteiger partial charge is 0.307 e. The van der Waals surface area contributed by atoms with Gasteiger partial charge in [0, 0.05) is 32.7 Å². The summed E-state index contributed by atoms with van der Waals surface area (Å²) in [5, 5.41) is 4.71. The van der Waals surface area contributed by atoms with Crippen LogP contribution in [0, 0.1) is 5.92 Å². The van der Waals surface area contributed by atoms with Crippen molar-refractivity contribution >= 4 is 43.6 Å². The van der Waals surface area contributed by atoms with Crippen molar-refractivity contribution in [3.63, 3.8) is 0 Å². The van der Waals surface area contributed by atoms with Crippen molar-refractivity contribution in [3.8, 4) is 56.7 Å². The van der Waals surface area contributed by atoms with E-state index in [9.17, 15) is 0 Å². The SMILES string of the molecule is CC1CC(C)(C)c2c(-n3c4ccccc4c4ccc5c6ccccc6n(-c6nc(-c7ccc(-c8ccccc8)cc7)nc(-c7ccc(-c8ccccc8)cc7)n6)c5c43)cccc2C1(C)C. The van der Waals surface area contributed by atoms with Crippen LogP contribution in [0.4, 0.5) is 0 Å². The molecule has 3 heterocycles. The van der Waals surface area contributed by atoms with Crippen LogP contribution in [0.3, 0.4) is 0 Å². The van der Waals surface area contributed by atoms with E-state index in [0.29, 0.717) is 23.5 Å². The van der Waals surface area contributed by atoms with Crippen molar-refractivity contribution in [2.24, 2.45) is 5.92 Å². The fourth-order valence-electron chi connectivity index (χ4n) is 10.9. The highest BCUT2D eigenvalue weighted by atomic mass is 15.2. The second-order valence-corrected chi connectivity index (χ2v) is 19.1. The molecule has 8 aromatic carbocycles. The lowest BCUT2D eigenvalue weighted by Crippen LogP contribution is -2.41. The fraction of sp³-hybridized carbons (Fsp3) is 0.150. The molecule has 0 amide bonds. The van der Waals surface area contributed by atoms with Gasteiger partial charge in [0.1, 0.15) is 0 Å². The van der Waals surface area contributed by atoms with Crippen LogP contribution in [0.1, 0.15) is 52.2 Å². The minimum atomic E-state index is -0.0523. The predicted octanol–water partition coefficient (Wildman–Crippen LogP) is 15.3. The van der Waals surface area contributed by atoms with Gasteiger partial charge in [-0.3, -0.25) is 4.57 Å². The van der Waals surface area contributed by atoms with Crippen molar-refractivity contribution in [1.29, 1.82) is 0 Å². The van der Waals surface area contributed by atoms with Crippen LogP contribution in [-0.4, -0.2) is 24.1 Å². The number of hydrogen-bond donors (Lipinski definition) is 0. The van der Waals surface area contributed by atoms with Crippen LogP contribution in [0.25, 0.3) is 100 Å². The van der Waals surface area contributed by atoms with Crippen molar-refractivity contribution in [2.45, 2.75) is 51.9 Å². The Labute approximate surface area is 379 Å². The van der Waals surface area contributed by atoms with Gasteiger partial charge in [-0.15, -0.1) is 0 Å². The molecule has 0 bridgehead atoms. The van der Waals surface area contributed by atoms with Gasteiger partial charge in [-0.05, 0) is 74.7 Å². The zero-order valence-corrected chi connectivity index (χ0v) is 37.4. The van der Waals surface area contributed by atoms with E-state index in [0.717, 1.165) is 56.0 Å². The third-order valence-electron chi connectivity index (χ3n) is 14.5. The zero-order chi connectivity index (χ0) is 44.0. The average Bonchev–Trinajstić information content (AvgIpc) is 3.87.